The van der Waals surface area contributed by atoms with Crippen molar-refractivity contribution in [3.63, 3.8) is 0 Å². The molecule has 1 amide bonds. The van der Waals surface area contributed by atoms with E-state index < -0.39 is 10.0 Å². The van der Waals surface area contributed by atoms with Crippen LogP contribution < -0.4 is 4.31 Å². The molecule has 2 aromatic rings. The van der Waals surface area contributed by atoms with Crippen LogP contribution in [0.1, 0.15) is 17.5 Å². The first kappa shape index (κ1) is 20.7. The standard InChI is InChI=1S/C20H20Cl2N2O3S/c1-23(14-16-6-7-17(21)13-19(16)22)20(25)10-5-15-3-8-18(9-4-15)24-11-2-12-28(24,26)27/h3-10,13H,2,11-12,14H2,1H3/b10-5+. The molecule has 0 aliphatic carbocycles. The number of benzene rings is 2. The molecule has 0 N–H and O–H groups in total. The summed E-state index contributed by atoms with van der Waals surface area (Å²) in [6.45, 7) is 0.874. The van der Waals surface area contributed by atoms with Crippen molar-refractivity contribution >= 4 is 50.9 Å². The molecule has 1 fully saturated rings. The molecule has 1 aliphatic heterocycles. The maximum absolute atomic E-state index is 12.3. The number of amides is 1. The van der Waals surface area contributed by atoms with Gasteiger partial charge in [-0.25, -0.2) is 8.42 Å². The Labute approximate surface area is 175 Å². The number of nitrogens with zero attached hydrogens (tertiary/aromatic N) is 2. The molecule has 0 aromatic heterocycles. The van der Waals surface area contributed by atoms with Crippen molar-refractivity contribution in [2.24, 2.45) is 0 Å². The van der Waals surface area contributed by atoms with Crippen LogP contribution in [0.3, 0.4) is 0 Å². The van der Waals surface area contributed by atoms with E-state index in [0.29, 0.717) is 35.2 Å². The molecule has 3 rings (SSSR count). The summed E-state index contributed by atoms with van der Waals surface area (Å²) in [5, 5.41) is 1.07. The summed E-state index contributed by atoms with van der Waals surface area (Å²) in [5.41, 5.74) is 2.27. The predicted molar refractivity (Wildman–Crippen MR) is 114 cm³/mol. The molecule has 0 radical (unpaired) electrons. The number of hydrogen-bond acceptors (Lipinski definition) is 3. The lowest BCUT2D eigenvalue weighted by molar-refractivity contribution is -0.125. The minimum absolute atomic E-state index is 0.169. The fraction of sp³-hybridized carbons (Fsp3) is 0.250. The smallest absolute Gasteiger partial charge is 0.246 e. The second-order valence-electron chi connectivity index (χ2n) is 6.60. The van der Waals surface area contributed by atoms with E-state index in [9.17, 15) is 13.2 Å². The molecule has 0 spiro atoms. The van der Waals surface area contributed by atoms with E-state index >= 15 is 0 Å². The summed E-state index contributed by atoms with van der Waals surface area (Å²) in [5.74, 6) is 0.0184. The van der Waals surface area contributed by atoms with Gasteiger partial charge in [0.05, 0.1) is 11.4 Å². The van der Waals surface area contributed by atoms with Gasteiger partial charge < -0.3 is 4.90 Å². The van der Waals surface area contributed by atoms with Gasteiger partial charge in [0, 0.05) is 36.3 Å². The molecule has 0 atom stereocenters. The summed E-state index contributed by atoms with van der Waals surface area (Å²) < 4.78 is 25.4. The first-order valence-corrected chi connectivity index (χ1v) is 11.1. The van der Waals surface area contributed by atoms with E-state index in [2.05, 4.69) is 0 Å². The van der Waals surface area contributed by atoms with Crippen LogP contribution in [0.25, 0.3) is 6.08 Å². The first-order chi connectivity index (χ1) is 13.3. The van der Waals surface area contributed by atoms with Gasteiger partial charge >= 0.3 is 0 Å². The van der Waals surface area contributed by atoms with Crippen LogP contribution in [0, 0.1) is 0 Å². The number of sulfonamides is 1. The molecule has 2 aromatic carbocycles. The number of halogens is 2. The highest BCUT2D eigenvalue weighted by molar-refractivity contribution is 7.93. The van der Waals surface area contributed by atoms with Crippen molar-refractivity contribution < 1.29 is 13.2 Å². The lowest BCUT2D eigenvalue weighted by atomic mass is 10.2. The summed E-state index contributed by atoms with van der Waals surface area (Å²) in [6, 6.07) is 12.3. The fourth-order valence-electron chi connectivity index (χ4n) is 2.96. The molecule has 8 heteroatoms. The summed E-state index contributed by atoms with van der Waals surface area (Å²) in [4.78, 5) is 13.9. The van der Waals surface area contributed by atoms with Gasteiger partial charge in [-0.05, 0) is 47.9 Å². The third-order valence-corrected chi connectivity index (χ3v) is 6.95. The highest BCUT2D eigenvalue weighted by atomic mass is 35.5. The number of carbonyl (C=O) groups is 1. The van der Waals surface area contributed by atoms with E-state index in [1.165, 1.54) is 10.4 Å². The summed E-state index contributed by atoms with van der Waals surface area (Å²) in [7, 11) is -1.50. The van der Waals surface area contributed by atoms with Crippen LogP contribution in [0.5, 0.6) is 0 Å². The number of hydrogen-bond donors (Lipinski definition) is 0. The monoisotopic (exact) mass is 438 g/mol. The zero-order valence-electron chi connectivity index (χ0n) is 15.3. The quantitative estimate of drug-likeness (QED) is 0.656. The second kappa shape index (κ2) is 8.55. The zero-order valence-corrected chi connectivity index (χ0v) is 17.6. The van der Waals surface area contributed by atoms with E-state index in [-0.39, 0.29) is 11.7 Å². The van der Waals surface area contributed by atoms with Crippen molar-refractivity contribution in [3.05, 3.63) is 69.7 Å². The minimum Gasteiger partial charge on any atom is -0.338 e. The topological polar surface area (TPSA) is 57.7 Å². The predicted octanol–water partition coefficient (Wildman–Crippen LogP) is 4.21. The average molecular weight is 439 g/mol. The normalized spacial score (nSPS) is 15.9. The Hall–Kier alpha value is -2.02. The lowest BCUT2D eigenvalue weighted by Crippen LogP contribution is -2.24. The van der Waals surface area contributed by atoms with Crippen LogP contribution in [-0.2, 0) is 21.4 Å². The Balaban J connectivity index is 1.63. The first-order valence-electron chi connectivity index (χ1n) is 8.74. The van der Waals surface area contributed by atoms with Crippen LogP contribution >= 0.6 is 23.2 Å². The Morgan fingerprint density at radius 3 is 2.50 bits per heavy atom. The Kier molecular flexibility index (Phi) is 6.33. The van der Waals surface area contributed by atoms with Crippen molar-refractivity contribution in [1.29, 1.82) is 0 Å². The Morgan fingerprint density at radius 1 is 1.18 bits per heavy atom. The van der Waals surface area contributed by atoms with Crippen LogP contribution in [0.4, 0.5) is 5.69 Å². The van der Waals surface area contributed by atoms with Crippen LogP contribution in [0.2, 0.25) is 10.0 Å². The molecule has 1 aliphatic rings. The summed E-state index contributed by atoms with van der Waals surface area (Å²) >= 11 is 12.0. The Morgan fingerprint density at radius 2 is 1.89 bits per heavy atom. The molecule has 1 saturated heterocycles. The zero-order chi connectivity index (χ0) is 20.3. The molecule has 28 heavy (non-hydrogen) atoms. The lowest BCUT2D eigenvalue weighted by Gasteiger charge is -2.17. The van der Waals surface area contributed by atoms with Crippen molar-refractivity contribution in [2.45, 2.75) is 13.0 Å². The highest BCUT2D eigenvalue weighted by Gasteiger charge is 2.28. The molecule has 0 saturated carbocycles. The van der Waals surface area contributed by atoms with Crippen molar-refractivity contribution in [1.82, 2.24) is 4.90 Å². The van der Waals surface area contributed by atoms with E-state index in [0.717, 1.165) is 11.1 Å². The SMILES string of the molecule is CN(Cc1ccc(Cl)cc1Cl)C(=O)/C=C/c1ccc(N2CCCS2(=O)=O)cc1. The third kappa shape index (κ3) is 4.87. The molecule has 148 valence electrons. The maximum atomic E-state index is 12.3. The third-order valence-electron chi connectivity index (χ3n) is 4.50. The van der Waals surface area contributed by atoms with E-state index in [1.807, 2.05) is 0 Å². The van der Waals surface area contributed by atoms with E-state index in [1.54, 1.807) is 60.5 Å². The molecule has 1 heterocycles. The van der Waals surface area contributed by atoms with Crippen molar-refractivity contribution in [3.8, 4) is 0 Å². The average Bonchev–Trinajstić information content (AvgIpc) is 3.01. The van der Waals surface area contributed by atoms with Gasteiger partial charge in [0.15, 0.2) is 0 Å². The number of anilines is 1. The van der Waals surface area contributed by atoms with Crippen LogP contribution in [0.15, 0.2) is 48.5 Å². The molecule has 0 bridgehead atoms. The Bertz CT molecular complexity index is 1000. The number of carbonyl (C=O) groups excluding carboxylic acids is 1. The van der Waals surface area contributed by atoms with Crippen molar-refractivity contribution in [2.75, 3.05) is 23.7 Å². The highest BCUT2D eigenvalue weighted by Crippen LogP contribution is 2.25. The molecular formula is C20H20Cl2N2O3S. The molecular weight excluding hydrogens is 419 g/mol. The van der Waals surface area contributed by atoms with Gasteiger partial charge in [-0.3, -0.25) is 9.10 Å². The number of rotatable bonds is 5. The van der Waals surface area contributed by atoms with Crippen LogP contribution in [-0.4, -0.2) is 38.6 Å². The largest absolute Gasteiger partial charge is 0.338 e. The van der Waals surface area contributed by atoms with E-state index in [4.69, 9.17) is 23.2 Å². The van der Waals surface area contributed by atoms with Gasteiger partial charge in [0.25, 0.3) is 0 Å². The van der Waals surface area contributed by atoms with Gasteiger partial charge in [0.2, 0.25) is 15.9 Å². The second-order valence-corrected chi connectivity index (χ2v) is 9.45. The van der Waals surface area contributed by atoms with Gasteiger partial charge in [0.1, 0.15) is 0 Å². The van der Waals surface area contributed by atoms with Gasteiger partial charge in [-0.15, -0.1) is 0 Å². The molecule has 0 unspecified atom stereocenters. The maximum Gasteiger partial charge on any atom is 0.246 e. The fourth-order valence-corrected chi connectivity index (χ4v) is 4.99. The number of likely N-dealkylation sites (N-methyl/N-ethyl adjacent to an activating group) is 1. The summed E-state index contributed by atoms with van der Waals surface area (Å²) in [6.07, 6.45) is 3.82. The van der Waals surface area contributed by atoms with Gasteiger partial charge in [-0.2, -0.15) is 0 Å². The molecule has 5 nitrogen and oxygen atoms in total. The minimum atomic E-state index is -3.19. The van der Waals surface area contributed by atoms with Gasteiger partial charge in [-0.1, -0.05) is 41.4 Å².